The largest absolute Gasteiger partial charge is 0.444 e. The van der Waals surface area contributed by atoms with Crippen molar-refractivity contribution in [3.8, 4) is 0 Å². The lowest BCUT2D eigenvalue weighted by atomic mass is 10.2. The Morgan fingerprint density at radius 1 is 1.43 bits per heavy atom. The molecule has 1 unspecified atom stereocenters. The molecule has 1 atom stereocenters. The smallest absolute Gasteiger partial charge is 0.407 e. The van der Waals surface area contributed by atoms with E-state index in [0.29, 0.717) is 0 Å². The van der Waals surface area contributed by atoms with E-state index in [1.54, 1.807) is 0 Å². The summed E-state index contributed by atoms with van der Waals surface area (Å²) in [6.45, 7) is 8.40. The molecular weight excluding hydrogens is 180 g/mol. The fraction of sp³-hybridized carbons (Fsp3) is 0.900. The van der Waals surface area contributed by atoms with Crippen molar-refractivity contribution in [2.45, 2.75) is 45.8 Å². The van der Waals surface area contributed by atoms with Gasteiger partial charge in [-0.25, -0.2) is 4.79 Å². The zero-order chi connectivity index (χ0) is 11.2. The van der Waals surface area contributed by atoms with E-state index in [2.05, 4.69) is 10.6 Å². The molecule has 1 amide bonds. The molecule has 0 aliphatic heterocycles. The van der Waals surface area contributed by atoms with Crippen molar-refractivity contribution in [2.75, 3.05) is 13.6 Å². The lowest BCUT2D eigenvalue weighted by molar-refractivity contribution is 0.0506. The molecule has 0 radical (unpaired) electrons. The average molecular weight is 202 g/mol. The Balaban J connectivity index is 3.71. The van der Waals surface area contributed by atoms with Gasteiger partial charge in [-0.3, -0.25) is 0 Å². The molecule has 0 fully saturated rings. The Kier molecular flexibility index (Phi) is 5.53. The highest BCUT2D eigenvalue weighted by atomic mass is 16.6. The van der Waals surface area contributed by atoms with Gasteiger partial charge in [-0.15, -0.1) is 0 Å². The molecule has 0 aromatic carbocycles. The highest BCUT2D eigenvalue weighted by molar-refractivity contribution is 5.67. The maximum absolute atomic E-state index is 11.3. The first-order chi connectivity index (χ1) is 6.35. The van der Waals surface area contributed by atoms with Gasteiger partial charge in [-0.1, -0.05) is 0 Å². The highest BCUT2D eigenvalue weighted by Crippen LogP contribution is 2.06. The van der Waals surface area contributed by atoms with Gasteiger partial charge >= 0.3 is 6.09 Å². The Labute approximate surface area is 86.4 Å². The Morgan fingerprint density at radius 3 is 2.43 bits per heavy atom. The quantitative estimate of drug-likeness (QED) is 0.726. The maximum Gasteiger partial charge on any atom is 0.407 e. The number of hydrogen-bond donors (Lipinski definition) is 2. The van der Waals surface area contributed by atoms with Crippen LogP contribution in [-0.4, -0.2) is 31.3 Å². The molecule has 0 aromatic rings. The Hall–Kier alpha value is -0.770. The van der Waals surface area contributed by atoms with Gasteiger partial charge < -0.3 is 15.4 Å². The maximum atomic E-state index is 11.3. The third-order valence-electron chi connectivity index (χ3n) is 1.59. The van der Waals surface area contributed by atoms with Gasteiger partial charge in [0.25, 0.3) is 0 Å². The summed E-state index contributed by atoms with van der Waals surface area (Å²) in [5.74, 6) is 0. The molecule has 0 rings (SSSR count). The van der Waals surface area contributed by atoms with E-state index in [-0.39, 0.29) is 12.1 Å². The van der Waals surface area contributed by atoms with Gasteiger partial charge in [0.1, 0.15) is 5.60 Å². The summed E-state index contributed by atoms with van der Waals surface area (Å²) in [4.78, 5) is 11.3. The van der Waals surface area contributed by atoms with E-state index in [0.717, 1.165) is 13.0 Å². The number of alkyl carbamates (subject to hydrolysis) is 1. The van der Waals surface area contributed by atoms with Crippen molar-refractivity contribution >= 4 is 6.09 Å². The second kappa shape index (κ2) is 5.86. The van der Waals surface area contributed by atoms with Crippen molar-refractivity contribution in [1.82, 2.24) is 10.6 Å². The van der Waals surface area contributed by atoms with Crippen LogP contribution in [0.25, 0.3) is 0 Å². The minimum Gasteiger partial charge on any atom is -0.444 e. The van der Waals surface area contributed by atoms with Gasteiger partial charge in [0, 0.05) is 6.04 Å². The van der Waals surface area contributed by atoms with Gasteiger partial charge in [0.15, 0.2) is 0 Å². The van der Waals surface area contributed by atoms with Crippen molar-refractivity contribution in [1.29, 1.82) is 0 Å². The summed E-state index contributed by atoms with van der Waals surface area (Å²) in [6.07, 6.45) is 0.552. The van der Waals surface area contributed by atoms with Gasteiger partial charge in [-0.2, -0.15) is 0 Å². The van der Waals surface area contributed by atoms with Crippen molar-refractivity contribution in [3.05, 3.63) is 0 Å². The lowest BCUT2D eigenvalue weighted by Gasteiger charge is -2.21. The van der Waals surface area contributed by atoms with Crippen molar-refractivity contribution in [3.63, 3.8) is 0 Å². The molecule has 2 N–H and O–H groups in total. The first-order valence-electron chi connectivity index (χ1n) is 4.99. The minimum absolute atomic E-state index is 0.136. The van der Waals surface area contributed by atoms with Gasteiger partial charge in [0.2, 0.25) is 0 Å². The molecular formula is C10H22N2O2. The van der Waals surface area contributed by atoms with Crippen LogP contribution in [0.1, 0.15) is 34.1 Å². The summed E-state index contributed by atoms with van der Waals surface area (Å²) >= 11 is 0. The molecule has 0 spiro atoms. The van der Waals surface area contributed by atoms with E-state index in [1.165, 1.54) is 0 Å². The number of amides is 1. The second-order valence-corrected chi connectivity index (χ2v) is 4.44. The van der Waals surface area contributed by atoms with Crippen LogP contribution in [0.3, 0.4) is 0 Å². The Bertz CT molecular complexity index is 175. The van der Waals surface area contributed by atoms with E-state index in [9.17, 15) is 4.79 Å². The number of rotatable bonds is 4. The van der Waals surface area contributed by atoms with E-state index >= 15 is 0 Å². The third-order valence-corrected chi connectivity index (χ3v) is 1.59. The zero-order valence-electron chi connectivity index (χ0n) is 9.81. The SMILES string of the molecule is CNCCC(C)NC(=O)OC(C)(C)C. The van der Waals surface area contributed by atoms with Crippen LogP contribution in [-0.2, 0) is 4.74 Å². The van der Waals surface area contributed by atoms with Crippen LogP contribution < -0.4 is 10.6 Å². The molecule has 0 saturated carbocycles. The van der Waals surface area contributed by atoms with Crippen LogP contribution in [0.15, 0.2) is 0 Å². The fourth-order valence-electron chi connectivity index (χ4n) is 0.942. The van der Waals surface area contributed by atoms with E-state index in [1.807, 2.05) is 34.7 Å². The summed E-state index contributed by atoms with van der Waals surface area (Å²) in [5, 5.41) is 5.80. The first-order valence-corrected chi connectivity index (χ1v) is 4.99. The van der Waals surface area contributed by atoms with Crippen LogP contribution in [0.5, 0.6) is 0 Å². The molecule has 4 heteroatoms. The van der Waals surface area contributed by atoms with Crippen LogP contribution in [0.2, 0.25) is 0 Å². The van der Waals surface area contributed by atoms with Gasteiger partial charge in [-0.05, 0) is 47.7 Å². The second-order valence-electron chi connectivity index (χ2n) is 4.44. The molecule has 0 aliphatic carbocycles. The standard InChI is InChI=1S/C10H22N2O2/c1-8(6-7-11-5)12-9(13)14-10(2,3)4/h8,11H,6-7H2,1-5H3,(H,12,13). The zero-order valence-corrected chi connectivity index (χ0v) is 9.81. The molecule has 0 saturated heterocycles. The monoisotopic (exact) mass is 202 g/mol. The molecule has 0 aliphatic rings. The molecule has 0 heterocycles. The van der Waals surface area contributed by atoms with E-state index in [4.69, 9.17) is 4.74 Å². The molecule has 0 aromatic heterocycles. The molecule has 0 bridgehead atoms. The number of nitrogens with one attached hydrogen (secondary N) is 2. The summed E-state index contributed by atoms with van der Waals surface area (Å²) in [6, 6.07) is 0.136. The predicted octanol–water partition coefficient (Wildman–Crippen LogP) is 1.51. The third kappa shape index (κ3) is 7.86. The minimum atomic E-state index is -0.424. The number of carbonyl (C=O) groups is 1. The van der Waals surface area contributed by atoms with Crippen LogP contribution >= 0.6 is 0 Å². The van der Waals surface area contributed by atoms with Crippen molar-refractivity contribution in [2.24, 2.45) is 0 Å². The summed E-state index contributed by atoms with van der Waals surface area (Å²) in [7, 11) is 1.89. The normalized spacial score (nSPS) is 13.5. The average Bonchev–Trinajstić information content (AvgIpc) is 1.96. The summed E-state index contributed by atoms with van der Waals surface area (Å²) < 4.78 is 5.12. The Morgan fingerprint density at radius 2 is 2.00 bits per heavy atom. The van der Waals surface area contributed by atoms with Crippen LogP contribution in [0, 0.1) is 0 Å². The highest BCUT2D eigenvalue weighted by Gasteiger charge is 2.17. The lowest BCUT2D eigenvalue weighted by Crippen LogP contribution is -2.38. The number of ether oxygens (including phenoxy) is 1. The fourth-order valence-corrected chi connectivity index (χ4v) is 0.942. The molecule has 84 valence electrons. The first kappa shape index (κ1) is 13.2. The summed E-state index contributed by atoms with van der Waals surface area (Å²) in [5.41, 5.74) is -0.424. The molecule has 4 nitrogen and oxygen atoms in total. The topological polar surface area (TPSA) is 50.4 Å². The van der Waals surface area contributed by atoms with Crippen molar-refractivity contribution < 1.29 is 9.53 Å². The van der Waals surface area contributed by atoms with Crippen LogP contribution in [0.4, 0.5) is 4.79 Å². The van der Waals surface area contributed by atoms with Gasteiger partial charge in [0.05, 0.1) is 0 Å². The number of carbonyl (C=O) groups excluding carboxylic acids is 1. The van der Waals surface area contributed by atoms with E-state index < -0.39 is 5.60 Å². The number of hydrogen-bond acceptors (Lipinski definition) is 3. The predicted molar refractivity (Wildman–Crippen MR) is 57.4 cm³/mol. The molecule has 14 heavy (non-hydrogen) atoms.